The molecular weight excluding hydrogens is 185 g/mol. The molecule has 0 heterocycles. The van der Waals surface area contributed by atoms with Crippen LogP contribution in [0.3, 0.4) is 0 Å². The summed E-state index contributed by atoms with van der Waals surface area (Å²) in [6.45, 7) is 2.17. The molecule has 0 radical (unpaired) electrons. The molecule has 0 spiro atoms. The highest BCUT2D eigenvalue weighted by molar-refractivity contribution is 7.15. The number of nitrogens with zero attached hydrogens (tertiary/aromatic N) is 2. The summed E-state index contributed by atoms with van der Waals surface area (Å²) in [6, 6.07) is 0. The number of nitrogens with one attached hydrogen (secondary N) is 1. The lowest BCUT2D eigenvalue weighted by Gasteiger charge is -2.21. The highest BCUT2D eigenvalue weighted by Crippen LogP contribution is 2.02. The molecule has 0 aliphatic heterocycles. The van der Waals surface area contributed by atoms with Gasteiger partial charge in [-0.1, -0.05) is 28.2 Å². The molecule has 0 aromatic rings. The van der Waals surface area contributed by atoms with Crippen molar-refractivity contribution in [2.45, 2.75) is 0 Å². The number of hydrogen-bond donors (Lipinski definition) is 2. The van der Waals surface area contributed by atoms with Crippen LogP contribution in [0.2, 0.25) is 0 Å². The standard InChI is InChI=1S/C3H15N4P3/c4-1-6(9)3-7(10)2-5-8/h5H,1-4,8-10H2. The van der Waals surface area contributed by atoms with E-state index in [0.717, 1.165) is 13.3 Å². The van der Waals surface area contributed by atoms with Crippen molar-refractivity contribution in [1.29, 1.82) is 0 Å². The minimum absolute atomic E-state index is 0.548. The number of hydrogen-bond acceptors (Lipinski definition) is 4. The summed E-state index contributed by atoms with van der Waals surface area (Å²) in [5.41, 5.74) is 5.36. The summed E-state index contributed by atoms with van der Waals surface area (Å²) in [6.07, 6.45) is 0. The number of nitrogens with two attached hydrogens (primary N) is 1. The van der Waals surface area contributed by atoms with E-state index in [1.807, 2.05) is 9.34 Å². The van der Waals surface area contributed by atoms with E-state index in [9.17, 15) is 0 Å². The molecule has 0 saturated heterocycles. The van der Waals surface area contributed by atoms with Crippen molar-refractivity contribution in [1.82, 2.24) is 14.4 Å². The zero-order valence-corrected chi connectivity index (χ0v) is 9.29. The summed E-state index contributed by atoms with van der Waals surface area (Å²) < 4.78 is 3.95. The van der Waals surface area contributed by atoms with Gasteiger partial charge in [-0.2, -0.15) is 0 Å². The maximum atomic E-state index is 5.36. The lowest BCUT2D eigenvalue weighted by molar-refractivity contribution is 0.329. The topological polar surface area (TPSA) is 44.5 Å². The molecule has 0 bridgehead atoms. The van der Waals surface area contributed by atoms with Crippen molar-refractivity contribution in [2.24, 2.45) is 5.73 Å². The highest BCUT2D eigenvalue weighted by Gasteiger charge is 1.98. The molecule has 62 valence electrons. The van der Waals surface area contributed by atoms with Crippen LogP contribution >= 0.6 is 28.2 Å². The molecule has 0 aliphatic carbocycles. The van der Waals surface area contributed by atoms with Crippen LogP contribution in [0.5, 0.6) is 0 Å². The molecule has 0 aliphatic rings. The first kappa shape index (κ1) is 11.1. The van der Waals surface area contributed by atoms with Crippen LogP contribution in [0.1, 0.15) is 0 Å². The van der Waals surface area contributed by atoms with Crippen molar-refractivity contribution >= 4 is 28.2 Å². The van der Waals surface area contributed by atoms with Crippen LogP contribution in [0.15, 0.2) is 0 Å². The fourth-order valence-electron chi connectivity index (χ4n) is 0.458. The van der Waals surface area contributed by atoms with E-state index < -0.39 is 0 Å². The van der Waals surface area contributed by atoms with Crippen molar-refractivity contribution < 1.29 is 0 Å². The Morgan fingerprint density at radius 2 is 1.90 bits per heavy atom. The molecule has 3 unspecified atom stereocenters. The normalized spacial score (nSPS) is 11.4. The van der Waals surface area contributed by atoms with Crippen molar-refractivity contribution in [3.8, 4) is 0 Å². The van der Waals surface area contributed by atoms with E-state index in [-0.39, 0.29) is 0 Å². The molecule has 7 heteroatoms. The molecule has 0 fully saturated rings. The minimum atomic E-state index is 0.548. The summed E-state index contributed by atoms with van der Waals surface area (Å²) in [4.78, 5) is 0. The summed E-state index contributed by atoms with van der Waals surface area (Å²) in [5, 5.41) is 2.94. The molecule has 0 aromatic carbocycles. The van der Waals surface area contributed by atoms with Gasteiger partial charge in [-0.05, 0) is 0 Å². The van der Waals surface area contributed by atoms with Gasteiger partial charge in [-0.25, -0.2) is 0 Å². The van der Waals surface area contributed by atoms with Gasteiger partial charge in [0.15, 0.2) is 0 Å². The van der Waals surface area contributed by atoms with Gasteiger partial charge >= 0.3 is 0 Å². The van der Waals surface area contributed by atoms with Crippen LogP contribution in [-0.2, 0) is 0 Å². The Bertz CT molecular complexity index is 82.1. The molecule has 4 nitrogen and oxygen atoms in total. The monoisotopic (exact) mass is 200 g/mol. The van der Waals surface area contributed by atoms with Gasteiger partial charge < -0.3 is 5.73 Å². The maximum absolute atomic E-state index is 5.36. The lowest BCUT2D eigenvalue weighted by Crippen LogP contribution is -2.32. The zero-order valence-electron chi connectivity index (χ0n) is 5.83. The fraction of sp³-hybridized carbons (Fsp3) is 1.00. The first-order valence-corrected chi connectivity index (χ1v) is 4.44. The third kappa shape index (κ3) is 5.88. The van der Waals surface area contributed by atoms with Gasteiger partial charge in [0, 0.05) is 0 Å². The molecule has 3 N–H and O–H groups in total. The smallest absolute Gasteiger partial charge is 0.0594 e. The van der Waals surface area contributed by atoms with Crippen LogP contribution in [0.4, 0.5) is 0 Å². The largest absolute Gasteiger partial charge is 0.318 e. The molecule has 10 heavy (non-hydrogen) atoms. The Hall–Kier alpha value is 1.13. The van der Waals surface area contributed by atoms with Crippen LogP contribution in [0.25, 0.3) is 0 Å². The van der Waals surface area contributed by atoms with Gasteiger partial charge in [0.1, 0.15) is 0 Å². The zero-order chi connectivity index (χ0) is 7.98. The molecule has 0 aromatic heterocycles. The molecule has 0 rings (SSSR count). The van der Waals surface area contributed by atoms with Crippen LogP contribution < -0.4 is 10.8 Å². The van der Waals surface area contributed by atoms with Crippen molar-refractivity contribution in [3.05, 3.63) is 0 Å². The second-order valence-corrected chi connectivity index (χ2v) is 3.73. The lowest BCUT2D eigenvalue weighted by atomic mass is 10.9. The van der Waals surface area contributed by atoms with E-state index >= 15 is 0 Å². The Balaban J connectivity index is 3.27. The highest BCUT2D eigenvalue weighted by atomic mass is 31.0. The minimum Gasteiger partial charge on any atom is -0.318 e. The van der Waals surface area contributed by atoms with Crippen molar-refractivity contribution in [2.75, 3.05) is 20.0 Å². The van der Waals surface area contributed by atoms with Gasteiger partial charge in [-0.15, -0.1) is 0 Å². The van der Waals surface area contributed by atoms with Crippen LogP contribution in [0, 0.1) is 0 Å². The molecule has 0 amide bonds. The Morgan fingerprint density at radius 1 is 1.30 bits per heavy atom. The second-order valence-electron chi connectivity index (χ2n) is 1.86. The van der Waals surface area contributed by atoms with Gasteiger partial charge in [0.05, 0.1) is 20.0 Å². The fourth-order valence-corrected chi connectivity index (χ4v) is 1.62. The number of rotatable bonds is 5. The second kappa shape index (κ2) is 6.82. The predicted octanol–water partition coefficient (Wildman–Crippen LogP) is -0.619. The maximum Gasteiger partial charge on any atom is 0.0594 e. The van der Waals surface area contributed by atoms with E-state index in [0.29, 0.717) is 6.67 Å². The third-order valence-electron chi connectivity index (χ3n) is 0.892. The Kier molecular flexibility index (Phi) is 7.59. The molecule has 3 atom stereocenters. The Labute approximate surface area is 69.0 Å². The summed E-state index contributed by atoms with van der Waals surface area (Å²) in [5.74, 6) is 0. The first-order chi connectivity index (χ1) is 4.70. The van der Waals surface area contributed by atoms with E-state index in [2.05, 4.69) is 33.3 Å². The van der Waals surface area contributed by atoms with Gasteiger partial charge in [-0.3, -0.25) is 14.4 Å². The van der Waals surface area contributed by atoms with E-state index in [1.54, 1.807) is 0 Å². The Morgan fingerprint density at radius 3 is 2.30 bits per heavy atom. The predicted molar refractivity (Wildman–Crippen MR) is 54.7 cm³/mol. The first-order valence-electron chi connectivity index (χ1n) is 2.83. The third-order valence-corrected chi connectivity index (χ3v) is 1.79. The van der Waals surface area contributed by atoms with Gasteiger partial charge in [0.25, 0.3) is 0 Å². The van der Waals surface area contributed by atoms with Gasteiger partial charge in [0.2, 0.25) is 0 Å². The summed E-state index contributed by atoms with van der Waals surface area (Å²) in [7, 11) is 7.59. The average molecular weight is 200 g/mol. The van der Waals surface area contributed by atoms with Crippen molar-refractivity contribution in [3.63, 3.8) is 0 Å². The van der Waals surface area contributed by atoms with E-state index in [4.69, 9.17) is 5.73 Å². The molecule has 0 saturated carbocycles. The summed E-state index contributed by atoms with van der Waals surface area (Å²) >= 11 is 0. The van der Waals surface area contributed by atoms with Crippen LogP contribution in [-0.4, -0.2) is 29.3 Å². The van der Waals surface area contributed by atoms with E-state index in [1.165, 1.54) is 0 Å². The quantitative estimate of drug-likeness (QED) is 0.458. The molecular formula is C3H15N4P3. The average Bonchev–Trinajstić information content (AvgIpc) is 1.88. The SMILES string of the molecule is NCN(P)CN(P)CNP.